The first-order chi connectivity index (χ1) is 14.3. The van der Waals surface area contributed by atoms with Crippen LogP contribution in [0.4, 0.5) is 4.39 Å². The van der Waals surface area contributed by atoms with Crippen molar-refractivity contribution in [3.63, 3.8) is 0 Å². The van der Waals surface area contributed by atoms with E-state index in [4.69, 9.17) is 9.47 Å². The van der Waals surface area contributed by atoms with Crippen molar-refractivity contribution in [1.29, 1.82) is 0 Å². The van der Waals surface area contributed by atoms with Gasteiger partial charge >= 0.3 is 5.97 Å². The second-order valence-corrected chi connectivity index (χ2v) is 8.69. The number of pyridine rings is 1. The average molecular weight is 436 g/mol. The second-order valence-electron chi connectivity index (χ2n) is 6.75. The maximum Gasteiger partial charge on any atom is 0.309 e. The summed E-state index contributed by atoms with van der Waals surface area (Å²) in [6.45, 7) is -0.192. The lowest BCUT2D eigenvalue weighted by Gasteiger charge is -2.29. The Bertz CT molecular complexity index is 1020. The molecule has 1 aromatic heterocycles. The summed E-state index contributed by atoms with van der Waals surface area (Å²) in [5, 5.41) is 0. The second kappa shape index (κ2) is 9.31. The Morgan fingerprint density at radius 1 is 1.23 bits per heavy atom. The fourth-order valence-electron chi connectivity index (χ4n) is 3.16. The molecule has 0 unspecified atom stereocenters. The van der Waals surface area contributed by atoms with Gasteiger partial charge in [-0.3, -0.25) is 14.6 Å². The van der Waals surface area contributed by atoms with E-state index in [1.807, 2.05) is 0 Å². The lowest BCUT2D eigenvalue weighted by atomic mass is 9.98. The van der Waals surface area contributed by atoms with Crippen LogP contribution in [0.5, 0.6) is 5.75 Å². The van der Waals surface area contributed by atoms with Gasteiger partial charge in [-0.15, -0.1) is 0 Å². The molecular weight excluding hydrogens is 415 g/mol. The minimum atomic E-state index is -3.66. The Morgan fingerprint density at radius 3 is 2.57 bits per heavy atom. The quantitative estimate of drug-likeness (QED) is 0.483. The monoisotopic (exact) mass is 436 g/mol. The number of hydrogen-bond donors (Lipinski definition) is 0. The molecule has 1 saturated heterocycles. The number of halogens is 1. The SMILES string of the molecule is COc1ccc(C(=O)COC(=O)C2CCN(S(=O)(=O)c3cccnc3)CC2)cc1F. The maximum absolute atomic E-state index is 13.7. The van der Waals surface area contributed by atoms with Crippen LogP contribution in [0.15, 0.2) is 47.6 Å². The van der Waals surface area contributed by atoms with Gasteiger partial charge in [0.2, 0.25) is 10.0 Å². The zero-order valence-corrected chi connectivity index (χ0v) is 17.1. The minimum absolute atomic E-state index is 0.0107. The predicted molar refractivity (Wildman–Crippen MR) is 104 cm³/mol. The number of piperidine rings is 1. The van der Waals surface area contributed by atoms with E-state index in [2.05, 4.69) is 4.98 Å². The summed E-state index contributed by atoms with van der Waals surface area (Å²) in [6, 6.07) is 6.75. The lowest BCUT2D eigenvalue weighted by molar-refractivity contribution is -0.148. The number of ether oxygens (including phenoxy) is 2. The highest BCUT2D eigenvalue weighted by Crippen LogP contribution is 2.24. The summed E-state index contributed by atoms with van der Waals surface area (Å²) in [4.78, 5) is 28.4. The van der Waals surface area contributed by atoms with Crippen LogP contribution in [-0.2, 0) is 19.6 Å². The average Bonchev–Trinajstić information content (AvgIpc) is 2.77. The molecule has 160 valence electrons. The van der Waals surface area contributed by atoms with Gasteiger partial charge in [-0.2, -0.15) is 4.31 Å². The standard InChI is InChI=1S/C20H21FN2O6S/c1-28-19-5-4-15(11-17(19)21)18(24)13-29-20(25)14-6-9-23(10-7-14)30(26,27)16-3-2-8-22-12-16/h2-5,8,11-12,14H,6-7,9-10,13H2,1H3. The number of Topliss-reactive ketones (excluding diaryl/α,β-unsaturated/α-hetero) is 1. The van der Waals surface area contributed by atoms with Gasteiger partial charge in [-0.25, -0.2) is 12.8 Å². The molecule has 10 heteroatoms. The molecule has 0 radical (unpaired) electrons. The summed E-state index contributed by atoms with van der Waals surface area (Å²) in [6.07, 6.45) is 3.33. The van der Waals surface area contributed by atoms with Crippen molar-refractivity contribution >= 4 is 21.8 Å². The number of esters is 1. The van der Waals surface area contributed by atoms with Crippen LogP contribution in [0, 0.1) is 11.7 Å². The molecule has 2 heterocycles. The van der Waals surface area contributed by atoms with Crippen molar-refractivity contribution in [1.82, 2.24) is 9.29 Å². The molecule has 0 N–H and O–H groups in total. The van der Waals surface area contributed by atoms with E-state index < -0.39 is 40.1 Å². The first kappa shape index (κ1) is 21.8. The first-order valence-corrected chi connectivity index (χ1v) is 10.7. The van der Waals surface area contributed by atoms with Gasteiger partial charge in [0.25, 0.3) is 0 Å². The van der Waals surface area contributed by atoms with Gasteiger partial charge in [0.05, 0.1) is 13.0 Å². The normalized spacial score (nSPS) is 15.5. The number of nitrogens with zero attached hydrogens (tertiary/aromatic N) is 2. The maximum atomic E-state index is 13.7. The Balaban J connectivity index is 1.52. The number of sulfonamides is 1. The zero-order chi connectivity index (χ0) is 21.7. The molecule has 0 amide bonds. The van der Waals surface area contributed by atoms with Gasteiger partial charge in [-0.1, -0.05) is 0 Å². The highest BCUT2D eigenvalue weighted by atomic mass is 32.2. The van der Waals surface area contributed by atoms with E-state index in [-0.39, 0.29) is 42.1 Å². The summed E-state index contributed by atoms with van der Waals surface area (Å²) in [5.74, 6) is -2.29. The summed E-state index contributed by atoms with van der Waals surface area (Å²) < 4.78 is 50.1. The smallest absolute Gasteiger partial charge is 0.309 e. The zero-order valence-electron chi connectivity index (χ0n) is 16.3. The van der Waals surface area contributed by atoms with Crippen LogP contribution in [0.3, 0.4) is 0 Å². The highest BCUT2D eigenvalue weighted by Gasteiger charge is 2.33. The van der Waals surface area contributed by atoms with E-state index >= 15 is 0 Å². The van der Waals surface area contributed by atoms with Crippen molar-refractivity contribution in [2.75, 3.05) is 26.8 Å². The Labute approximate surface area is 173 Å². The Hall–Kier alpha value is -2.85. The highest BCUT2D eigenvalue weighted by molar-refractivity contribution is 7.89. The number of carbonyl (C=O) groups excluding carboxylic acids is 2. The third kappa shape index (κ3) is 4.82. The summed E-state index contributed by atoms with van der Waals surface area (Å²) >= 11 is 0. The fourth-order valence-corrected chi connectivity index (χ4v) is 4.59. The number of methoxy groups -OCH3 is 1. The van der Waals surface area contributed by atoms with Gasteiger partial charge in [0, 0.05) is 31.0 Å². The third-order valence-corrected chi connectivity index (χ3v) is 6.76. The molecule has 0 saturated carbocycles. The lowest BCUT2D eigenvalue weighted by Crippen LogP contribution is -2.40. The number of carbonyl (C=O) groups is 2. The van der Waals surface area contributed by atoms with Crippen molar-refractivity contribution < 1.29 is 31.9 Å². The van der Waals surface area contributed by atoms with Gasteiger partial charge in [0.15, 0.2) is 24.0 Å². The van der Waals surface area contributed by atoms with Crippen LogP contribution in [0.2, 0.25) is 0 Å². The molecular formula is C20H21FN2O6S. The number of rotatable bonds is 7. The molecule has 8 nitrogen and oxygen atoms in total. The number of hydrogen-bond acceptors (Lipinski definition) is 7. The van der Waals surface area contributed by atoms with Gasteiger partial charge < -0.3 is 9.47 Å². The predicted octanol–water partition coefficient (Wildman–Crippen LogP) is 2.06. The Morgan fingerprint density at radius 2 is 1.97 bits per heavy atom. The van der Waals surface area contributed by atoms with Crippen molar-refractivity contribution in [2.45, 2.75) is 17.7 Å². The molecule has 1 aliphatic rings. The molecule has 2 aromatic rings. The van der Waals surface area contributed by atoms with Gasteiger partial charge in [0.1, 0.15) is 4.90 Å². The van der Waals surface area contributed by atoms with Crippen molar-refractivity contribution in [2.24, 2.45) is 5.92 Å². The summed E-state index contributed by atoms with van der Waals surface area (Å²) in [7, 11) is -2.35. The van der Waals surface area contributed by atoms with Crippen LogP contribution in [-0.4, -0.2) is 56.3 Å². The molecule has 0 aliphatic carbocycles. The third-order valence-electron chi connectivity index (χ3n) is 4.88. The van der Waals surface area contributed by atoms with Crippen LogP contribution in [0.1, 0.15) is 23.2 Å². The number of aromatic nitrogens is 1. The first-order valence-electron chi connectivity index (χ1n) is 9.26. The number of benzene rings is 1. The van der Waals surface area contributed by atoms with Crippen LogP contribution >= 0.6 is 0 Å². The molecule has 1 aliphatic heterocycles. The molecule has 0 bridgehead atoms. The molecule has 0 spiro atoms. The van der Waals surface area contributed by atoms with Crippen LogP contribution < -0.4 is 4.74 Å². The molecule has 30 heavy (non-hydrogen) atoms. The molecule has 3 rings (SSSR count). The minimum Gasteiger partial charge on any atom is -0.494 e. The molecule has 0 atom stereocenters. The van der Waals surface area contributed by atoms with Gasteiger partial charge in [-0.05, 0) is 43.2 Å². The van der Waals surface area contributed by atoms with E-state index in [1.165, 1.54) is 42.0 Å². The van der Waals surface area contributed by atoms with E-state index in [0.717, 1.165) is 6.07 Å². The van der Waals surface area contributed by atoms with Crippen molar-refractivity contribution in [3.05, 3.63) is 54.1 Å². The Kier molecular flexibility index (Phi) is 6.78. The summed E-state index contributed by atoms with van der Waals surface area (Å²) in [5.41, 5.74) is 0.0680. The molecule has 1 fully saturated rings. The van der Waals surface area contributed by atoms with Crippen molar-refractivity contribution in [3.8, 4) is 5.75 Å². The topological polar surface area (TPSA) is 103 Å². The van der Waals surface area contributed by atoms with E-state index in [0.29, 0.717) is 0 Å². The van der Waals surface area contributed by atoms with Crippen LogP contribution in [0.25, 0.3) is 0 Å². The molecule has 1 aromatic carbocycles. The number of ketones is 1. The fraction of sp³-hybridized carbons (Fsp3) is 0.350. The van der Waals surface area contributed by atoms with E-state index in [1.54, 1.807) is 6.07 Å². The largest absolute Gasteiger partial charge is 0.494 e. The van der Waals surface area contributed by atoms with E-state index in [9.17, 15) is 22.4 Å².